The van der Waals surface area contributed by atoms with Crippen LogP contribution < -0.4 is 0 Å². The van der Waals surface area contributed by atoms with Gasteiger partial charge in [0.05, 0.1) is 0 Å². The van der Waals surface area contributed by atoms with E-state index in [1.54, 1.807) is 6.92 Å². The molecule has 0 amide bonds. The highest BCUT2D eigenvalue weighted by Gasteiger charge is 2.13. The molecule has 0 radical (unpaired) electrons. The van der Waals surface area contributed by atoms with Crippen LogP contribution in [0, 0.1) is 0 Å². The number of aliphatic hydroxyl groups is 1. The van der Waals surface area contributed by atoms with Crippen molar-refractivity contribution in [2.75, 3.05) is 0 Å². The molecule has 1 atom stereocenters. The molecule has 100 valence electrons. The molecule has 0 heterocycles. The van der Waals surface area contributed by atoms with Crippen LogP contribution in [0.15, 0.2) is 24.3 Å². The molecule has 0 unspecified atom stereocenters. The van der Waals surface area contributed by atoms with Crippen molar-refractivity contribution in [3.8, 4) is 0 Å². The van der Waals surface area contributed by atoms with E-state index in [1.807, 2.05) is 12.1 Å². The van der Waals surface area contributed by atoms with Crippen LogP contribution in [0.25, 0.3) is 0 Å². The summed E-state index contributed by atoms with van der Waals surface area (Å²) < 4.78 is 5.01. The summed E-state index contributed by atoms with van der Waals surface area (Å²) in [6, 6.07) is 8.07. The third-order valence-corrected chi connectivity index (χ3v) is 2.88. The normalized spacial score (nSPS) is 12.2. The van der Waals surface area contributed by atoms with Crippen LogP contribution in [0.5, 0.6) is 0 Å². The number of carbonyl (C=O) groups excluding carboxylic acids is 1. The summed E-state index contributed by atoms with van der Waals surface area (Å²) in [7, 11) is 0. The van der Waals surface area contributed by atoms with Gasteiger partial charge in [-0.1, -0.05) is 44.5 Å². The number of hydrogen-bond donors (Lipinski definition) is 1. The predicted molar refractivity (Wildman–Crippen MR) is 71.1 cm³/mol. The fourth-order valence-electron chi connectivity index (χ4n) is 1.60. The summed E-state index contributed by atoms with van der Waals surface area (Å²) in [5.41, 5.74) is 2.26. The molecule has 0 aliphatic carbocycles. The van der Waals surface area contributed by atoms with Crippen LogP contribution in [0.1, 0.15) is 44.2 Å². The van der Waals surface area contributed by atoms with Gasteiger partial charge in [0.15, 0.2) is 6.10 Å². The number of aryl methyl sites for hydroxylation is 1. The number of carbonyl (C=O) groups is 1. The zero-order chi connectivity index (χ0) is 13.4. The van der Waals surface area contributed by atoms with E-state index < -0.39 is 12.1 Å². The Morgan fingerprint density at radius 2 is 1.83 bits per heavy atom. The number of hydrogen-bond acceptors (Lipinski definition) is 3. The molecule has 3 nitrogen and oxygen atoms in total. The number of aliphatic hydroxyl groups excluding tert-OH is 1. The van der Waals surface area contributed by atoms with Crippen molar-refractivity contribution in [1.29, 1.82) is 0 Å². The molecular formula is C15H22O3. The average molecular weight is 250 g/mol. The van der Waals surface area contributed by atoms with Gasteiger partial charge in [-0.2, -0.15) is 0 Å². The van der Waals surface area contributed by atoms with Crippen LogP contribution in [0.2, 0.25) is 0 Å². The molecule has 0 fully saturated rings. The maximum atomic E-state index is 11.3. The van der Waals surface area contributed by atoms with Crippen LogP contribution in [0.3, 0.4) is 0 Å². The van der Waals surface area contributed by atoms with Crippen LogP contribution in [0.4, 0.5) is 0 Å². The number of ether oxygens (including phenoxy) is 1. The van der Waals surface area contributed by atoms with Crippen molar-refractivity contribution in [3.63, 3.8) is 0 Å². The Balaban J connectivity index is 2.41. The first-order chi connectivity index (χ1) is 8.67. The second-order valence-electron chi connectivity index (χ2n) is 4.45. The van der Waals surface area contributed by atoms with Gasteiger partial charge < -0.3 is 9.84 Å². The van der Waals surface area contributed by atoms with E-state index >= 15 is 0 Å². The highest BCUT2D eigenvalue weighted by Crippen LogP contribution is 2.09. The molecule has 0 aliphatic rings. The monoisotopic (exact) mass is 250 g/mol. The van der Waals surface area contributed by atoms with E-state index in [9.17, 15) is 9.90 Å². The number of rotatable bonds is 7. The van der Waals surface area contributed by atoms with Gasteiger partial charge in [0.25, 0.3) is 0 Å². The molecule has 1 N–H and O–H groups in total. The lowest BCUT2D eigenvalue weighted by atomic mass is 10.1. The number of unbranched alkanes of at least 4 members (excludes halogenated alkanes) is 1. The summed E-state index contributed by atoms with van der Waals surface area (Å²) in [5, 5.41) is 9.27. The SMILES string of the molecule is CCCCc1ccc(COC(=O)[C@@H](O)CC)cc1. The standard InChI is InChI=1S/C15H22O3/c1-3-5-6-12-7-9-13(10-8-12)11-18-15(17)14(16)4-2/h7-10,14,16H,3-6,11H2,1-2H3/t14-/m0/s1. The van der Waals surface area contributed by atoms with Crippen molar-refractivity contribution in [2.24, 2.45) is 0 Å². The minimum atomic E-state index is -1.01. The highest BCUT2D eigenvalue weighted by molar-refractivity contribution is 5.74. The van der Waals surface area contributed by atoms with Gasteiger partial charge >= 0.3 is 5.97 Å². The molecule has 0 saturated heterocycles. The van der Waals surface area contributed by atoms with E-state index in [0.717, 1.165) is 12.0 Å². The highest BCUT2D eigenvalue weighted by atomic mass is 16.5. The molecule has 0 aromatic heterocycles. The first kappa shape index (κ1) is 14.7. The molecule has 1 rings (SSSR count). The van der Waals surface area contributed by atoms with Crippen LogP contribution in [-0.2, 0) is 22.6 Å². The van der Waals surface area contributed by atoms with Gasteiger partial charge in [-0.25, -0.2) is 4.79 Å². The Morgan fingerprint density at radius 1 is 1.22 bits per heavy atom. The molecule has 0 spiro atoms. The van der Waals surface area contributed by atoms with Crippen molar-refractivity contribution in [3.05, 3.63) is 35.4 Å². The Morgan fingerprint density at radius 3 is 2.39 bits per heavy atom. The summed E-state index contributed by atoms with van der Waals surface area (Å²) in [6.07, 6.45) is 2.85. The zero-order valence-electron chi connectivity index (χ0n) is 11.2. The van der Waals surface area contributed by atoms with E-state index in [-0.39, 0.29) is 6.61 Å². The second kappa shape index (κ2) is 7.88. The maximum Gasteiger partial charge on any atom is 0.335 e. The Kier molecular flexibility index (Phi) is 6.44. The molecular weight excluding hydrogens is 228 g/mol. The lowest BCUT2D eigenvalue weighted by Gasteiger charge is -2.09. The minimum Gasteiger partial charge on any atom is -0.459 e. The fourth-order valence-corrected chi connectivity index (χ4v) is 1.60. The second-order valence-corrected chi connectivity index (χ2v) is 4.45. The lowest BCUT2D eigenvalue weighted by Crippen LogP contribution is -2.21. The van der Waals surface area contributed by atoms with Gasteiger partial charge in [-0.15, -0.1) is 0 Å². The van der Waals surface area contributed by atoms with Crippen LogP contribution in [-0.4, -0.2) is 17.2 Å². The van der Waals surface area contributed by atoms with Crippen molar-refractivity contribution in [2.45, 2.75) is 52.2 Å². The lowest BCUT2D eigenvalue weighted by molar-refractivity contribution is -0.155. The topological polar surface area (TPSA) is 46.5 Å². The van der Waals surface area contributed by atoms with Crippen molar-refractivity contribution < 1.29 is 14.6 Å². The first-order valence-electron chi connectivity index (χ1n) is 6.59. The third kappa shape index (κ3) is 4.88. The molecule has 18 heavy (non-hydrogen) atoms. The van der Waals surface area contributed by atoms with Gasteiger partial charge in [0.1, 0.15) is 6.61 Å². The van der Waals surface area contributed by atoms with E-state index in [0.29, 0.717) is 6.42 Å². The van der Waals surface area contributed by atoms with E-state index in [1.165, 1.54) is 18.4 Å². The molecule has 1 aromatic carbocycles. The first-order valence-corrected chi connectivity index (χ1v) is 6.59. The molecule has 0 saturated carbocycles. The Bertz CT molecular complexity index is 357. The summed E-state index contributed by atoms with van der Waals surface area (Å²) in [5.74, 6) is -0.549. The van der Waals surface area contributed by atoms with E-state index in [4.69, 9.17) is 4.74 Å². The van der Waals surface area contributed by atoms with Gasteiger partial charge in [0.2, 0.25) is 0 Å². The van der Waals surface area contributed by atoms with Gasteiger partial charge in [-0.3, -0.25) is 0 Å². The van der Waals surface area contributed by atoms with Crippen molar-refractivity contribution in [1.82, 2.24) is 0 Å². The number of esters is 1. The zero-order valence-corrected chi connectivity index (χ0v) is 11.2. The van der Waals surface area contributed by atoms with Crippen LogP contribution >= 0.6 is 0 Å². The third-order valence-electron chi connectivity index (χ3n) is 2.88. The average Bonchev–Trinajstić information content (AvgIpc) is 2.42. The Labute approximate surface area is 109 Å². The fraction of sp³-hybridized carbons (Fsp3) is 0.533. The van der Waals surface area contributed by atoms with Gasteiger partial charge in [0, 0.05) is 0 Å². The number of benzene rings is 1. The molecule has 0 aliphatic heterocycles. The summed E-state index contributed by atoms with van der Waals surface area (Å²) >= 11 is 0. The Hall–Kier alpha value is -1.35. The quantitative estimate of drug-likeness (QED) is 0.757. The molecule has 1 aromatic rings. The summed E-state index contributed by atoms with van der Waals surface area (Å²) in [6.45, 7) is 4.14. The van der Waals surface area contributed by atoms with E-state index in [2.05, 4.69) is 19.1 Å². The predicted octanol–water partition coefficient (Wildman–Crippen LogP) is 2.84. The maximum absolute atomic E-state index is 11.3. The van der Waals surface area contributed by atoms with Crippen molar-refractivity contribution >= 4 is 5.97 Å². The van der Waals surface area contributed by atoms with Gasteiger partial charge in [-0.05, 0) is 30.4 Å². The smallest absolute Gasteiger partial charge is 0.335 e. The minimum absolute atomic E-state index is 0.226. The largest absolute Gasteiger partial charge is 0.459 e. The summed E-state index contributed by atoms with van der Waals surface area (Å²) in [4.78, 5) is 11.3. The molecule has 0 bridgehead atoms. The molecule has 3 heteroatoms.